The van der Waals surface area contributed by atoms with E-state index in [-0.39, 0.29) is 52.1 Å². The number of carbonyl (C=O) groups excluding carboxylic acids is 2. The second-order valence-corrected chi connectivity index (χ2v) is 28.3. The second-order valence-electron chi connectivity index (χ2n) is 18.4. The third-order valence-electron chi connectivity index (χ3n) is 11.9. The number of fused-ring (bicyclic) bond motifs is 1. The Morgan fingerprint density at radius 2 is 1.50 bits per heavy atom. The lowest BCUT2D eigenvalue weighted by atomic mass is 9.66. The fourth-order valence-electron chi connectivity index (χ4n) is 6.81. The first-order valence-corrected chi connectivity index (χ1v) is 24.7. The summed E-state index contributed by atoms with van der Waals surface area (Å²) in [6, 6.07) is 6.99. The number of allylic oxidation sites excluding steroid dienone is 2. The van der Waals surface area contributed by atoms with Gasteiger partial charge in [-0.05, 0) is 105 Å². The molecule has 10 heteroatoms. The maximum atomic E-state index is 14.0. The van der Waals surface area contributed by atoms with Gasteiger partial charge in [0.25, 0.3) is 0 Å². The summed E-state index contributed by atoms with van der Waals surface area (Å²) in [5.74, 6) is 0.345. The lowest BCUT2D eigenvalue weighted by Crippen LogP contribution is -2.50. The molecule has 0 amide bonds. The number of benzene rings is 1. The maximum Gasteiger partial charge on any atom is 0.350 e. The number of hydrogen-bond acceptors (Lipinski definition) is 7. The Labute approximate surface area is 309 Å². The third kappa shape index (κ3) is 9.94. The molecule has 2 aliphatic carbocycles. The van der Waals surface area contributed by atoms with Crippen molar-refractivity contribution in [2.45, 2.75) is 161 Å². The number of halogens is 1. The molecule has 0 radical (unpaired) electrons. The Bertz CT molecular complexity index is 1420. The van der Waals surface area contributed by atoms with Gasteiger partial charge in [-0.1, -0.05) is 78.3 Å². The molecule has 5 unspecified atom stereocenters. The van der Waals surface area contributed by atoms with Crippen LogP contribution in [0.1, 0.15) is 94.4 Å². The van der Waals surface area contributed by atoms with Crippen molar-refractivity contribution in [2.24, 2.45) is 17.8 Å². The molecule has 0 saturated carbocycles. The predicted molar refractivity (Wildman–Crippen MR) is 207 cm³/mol. The predicted octanol–water partition coefficient (Wildman–Crippen LogP) is 10.4. The van der Waals surface area contributed by atoms with Gasteiger partial charge in [0, 0.05) is 23.8 Å². The van der Waals surface area contributed by atoms with Gasteiger partial charge in [0.2, 0.25) is 0 Å². The number of cyclic esters (lactones) is 1. The van der Waals surface area contributed by atoms with Gasteiger partial charge >= 0.3 is 11.9 Å². The molecule has 50 heavy (non-hydrogen) atoms. The van der Waals surface area contributed by atoms with Gasteiger partial charge in [-0.25, -0.2) is 4.79 Å². The average Bonchev–Trinajstić information content (AvgIpc) is 2.96. The van der Waals surface area contributed by atoms with Crippen LogP contribution in [0.3, 0.4) is 0 Å². The third-order valence-corrected chi connectivity index (χ3v) is 21.1. The first kappa shape index (κ1) is 40.8. The summed E-state index contributed by atoms with van der Waals surface area (Å²) >= 11 is 6.09. The molecule has 0 N–H and O–H groups in total. The Morgan fingerprint density at radius 3 is 2.10 bits per heavy atom. The molecule has 1 heterocycles. The molecule has 280 valence electrons. The van der Waals surface area contributed by atoms with E-state index in [1.54, 1.807) is 38.1 Å². The van der Waals surface area contributed by atoms with Crippen LogP contribution in [0.4, 0.5) is 0 Å². The summed E-state index contributed by atoms with van der Waals surface area (Å²) in [6.07, 6.45) is 8.96. The van der Waals surface area contributed by atoms with E-state index in [4.69, 9.17) is 34.7 Å². The SMILES string of the molecule is CC1C=CC2=CC(O[Si](C)(C)C(C)(C)C)CC(OC(=O)C(C)(C)Oc3ccc(Cl)cc3)C2C1CC[C@@H]1C[C@@H](O[Si](C)(C)C(C)(C)C)CC(=O)O1. The molecule has 1 aliphatic heterocycles. The van der Waals surface area contributed by atoms with Gasteiger partial charge in [0.1, 0.15) is 18.0 Å². The average molecular weight is 748 g/mol. The fourth-order valence-corrected chi connectivity index (χ4v) is 9.58. The molecule has 1 aromatic rings. The highest BCUT2D eigenvalue weighted by atomic mass is 35.5. The van der Waals surface area contributed by atoms with Crippen molar-refractivity contribution in [1.29, 1.82) is 0 Å². The van der Waals surface area contributed by atoms with Crippen molar-refractivity contribution in [3.8, 4) is 5.75 Å². The Kier molecular flexibility index (Phi) is 12.4. The monoisotopic (exact) mass is 746 g/mol. The first-order chi connectivity index (χ1) is 22.9. The van der Waals surface area contributed by atoms with Crippen molar-refractivity contribution in [3.05, 3.63) is 53.1 Å². The van der Waals surface area contributed by atoms with Crippen LogP contribution in [0.2, 0.25) is 41.3 Å². The van der Waals surface area contributed by atoms with Crippen molar-refractivity contribution in [3.63, 3.8) is 0 Å². The van der Waals surface area contributed by atoms with E-state index in [0.717, 1.165) is 18.4 Å². The van der Waals surface area contributed by atoms with Crippen LogP contribution >= 0.6 is 11.6 Å². The standard InChI is InChI=1S/C40H63ClO7Si2/c1-26-14-15-27-22-31(47-49(10,11)38(2,3)4)24-34(45-37(43)40(8,9)46-29-18-16-28(41)17-19-29)36(27)33(26)21-20-30-23-32(25-35(42)44-30)48-50(12,13)39(5,6)7/h14-19,22,26,30-34,36H,20-21,23-25H2,1-13H3/t26?,30-,31?,32-,33?,34?,36?/m1/s1. The van der Waals surface area contributed by atoms with Crippen LogP contribution in [-0.4, -0.2) is 58.6 Å². The summed E-state index contributed by atoms with van der Waals surface area (Å²) in [5, 5.41) is 0.690. The zero-order valence-corrected chi connectivity index (χ0v) is 35.6. The summed E-state index contributed by atoms with van der Waals surface area (Å²) in [4.78, 5) is 26.8. The van der Waals surface area contributed by atoms with E-state index >= 15 is 0 Å². The zero-order chi connectivity index (χ0) is 37.4. The fraction of sp³-hybridized carbons (Fsp3) is 0.700. The molecule has 1 aromatic carbocycles. The molecule has 1 fully saturated rings. The summed E-state index contributed by atoms with van der Waals surface area (Å²) in [7, 11) is -4.17. The van der Waals surface area contributed by atoms with Gasteiger partial charge < -0.3 is 23.1 Å². The van der Waals surface area contributed by atoms with Crippen molar-refractivity contribution in [1.82, 2.24) is 0 Å². The second kappa shape index (κ2) is 15.2. The molecule has 0 spiro atoms. The molecule has 7 atom stereocenters. The van der Waals surface area contributed by atoms with E-state index in [9.17, 15) is 9.59 Å². The molecule has 3 aliphatic rings. The Hall–Kier alpha value is -1.92. The lowest BCUT2D eigenvalue weighted by Gasteiger charge is -2.46. The van der Waals surface area contributed by atoms with Gasteiger partial charge in [-0.3, -0.25) is 4.79 Å². The quantitative estimate of drug-likeness (QED) is 0.165. The van der Waals surface area contributed by atoms with E-state index < -0.39 is 34.3 Å². The number of esters is 2. The summed E-state index contributed by atoms with van der Waals surface area (Å²) in [5.41, 5.74) is -0.0801. The zero-order valence-electron chi connectivity index (χ0n) is 32.9. The normalized spacial score (nSPS) is 28.0. The van der Waals surface area contributed by atoms with Crippen LogP contribution < -0.4 is 4.74 Å². The van der Waals surface area contributed by atoms with Crippen LogP contribution in [0.5, 0.6) is 5.75 Å². The van der Waals surface area contributed by atoms with Crippen molar-refractivity contribution < 1.29 is 32.7 Å². The van der Waals surface area contributed by atoms with Crippen molar-refractivity contribution in [2.75, 3.05) is 0 Å². The van der Waals surface area contributed by atoms with Crippen molar-refractivity contribution >= 4 is 40.2 Å². The molecule has 0 bridgehead atoms. The smallest absolute Gasteiger partial charge is 0.350 e. The van der Waals surface area contributed by atoms with E-state index in [1.807, 2.05) is 0 Å². The van der Waals surface area contributed by atoms with Crippen LogP contribution in [0, 0.1) is 17.8 Å². The number of hydrogen-bond donors (Lipinski definition) is 0. The summed E-state index contributed by atoms with van der Waals surface area (Å²) in [6.45, 7) is 28.1. The largest absolute Gasteiger partial charge is 0.476 e. The van der Waals surface area contributed by atoms with Crippen LogP contribution in [-0.2, 0) is 27.9 Å². The van der Waals surface area contributed by atoms with Crippen LogP contribution in [0.25, 0.3) is 0 Å². The summed E-state index contributed by atoms with van der Waals surface area (Å²) < 4.78 is 32.2. The molecular weight excluding hydrogens is 684 g/mol. The number of ether oxygens (including phenoxy) is 3. The number of carbonyl (C=O) groups is 2. The molecule has 0 aromatic heterocycles. The van der Waals surface area contributed by atoms with E-state index in [2.05, 4.69) is 92.9 Å². The highest BCUT2D eigenvalue weighted by Gasteiger charge is 2.48. The highest BCUT2D eigenvalue weighted by Crippen LogP contribution is 2.47. The lowest BCUT2D eigenvalue weighted by molar-refractivity contribution is -0.171. The minimum atomic E-state index is -2.12. The maximum absolute atomic E-state index is 14.0. The van der Waals surface area contributed by atoms with Gasteiger partial charge in [-0.15, -0.1) is 0 Å². The van der Waals surface area contributed by atoms with Gasteiger partial charge in [0.15, 0.2) is 22.2 Å². The number of rotatable bonds is 11. The van der Waals surface area contributed by atoms with Gasteiger partial charge in [-0.2, -0.15) is 0 Å². The minimum absolute atomic E-state index is 0.0249. The highest BCUT2D eigenvalue weighted by molar-refractivity contribution is 6.74. The minimum Gasteiger partial charge on any atom is -0.476 e. The Morgan fingerprint density at radius 1 is 0.900 bits per heavy atom. The molecule has 7 nitrogen and oxygen atoms in total. The molecule has 4 rings (SSSR count). The Balaban J connectivity index is 1.57. The van der Waals surface area contributed by atoms with Crippen LogP contribution in [0.15, 0.2) is 48.1 Å². The topological polar surface area (TPSA) is 80.3 Å². The first-order valence-electron chi connectivity index (χ1n) is 18.5. The van der Waals surface area contributed by atoms with E-state index in [0.29, 0.717) is 30.0 Å². The van der Waals surface area contributed by atoms with E-state index in [1.165, 1.54) is 0 Å². The van der Waals surface area contributed by atoms with Gasteiger partial charge in [0.05, 0.1) is 18.6 Å². The molecule has 1 saturated heterocycles. The molecular formula is C40H63ClO7Si2.